The molecular weight excluding hydrogens is 362 g/mol. The van der Waals surface area contributed by atoms with Crippen molar-refractivity contribution in [1.82, 2.24) is 0 Å². The van der Waals surface area contributed by atoms with Gasteiger partial charge < -0.3 is 19.4 Å². The van der Waals surface area contributed by atoms with Gasteiger partial charge in [-0.25, -0.2) is 0 Å². The van der Waals surface area contributed by atoms with E-state index >= 15 is 0 Å². The lowest BCUT2D eigenvalue weighted by Gasteiger charge is -2.28. The first-order chi connectivity index (χ1) is 13.5. The van der Waals surface area contributed by atoms with E-state index < -0.39 is 11.9 Å². The number of hydrogen-bond donors (Lipinski definition) is 1. The molecule has 1 saturated heterocycles. The van der Waals surface area contributed by atoms with Crippen LogP contribution in [0.25, 0.3) is 5.57 Å². The van der Waals surface area contributed by atoms with Crippen molar-refractivity contribution in [3.05, 3.63) is 35.4 Å². The highest BCUT2D eigenvalue weighted by molar-refractivity contribution is 6.07. The summed E-state index contributed by atoms with van der Waals surface area (Å²) in [6.07, 6.45) is 3.23. The van der Waals surface area contributed by atoms with Gasteiger partial charge in [-0.2, -0.15) is 0 Å². The largest absolute Gasteiger partial charge is 0.481 e. The number of oxime groups is 1. The second kappa shape index (κ2) is 9.01. The molecule has 150 valence electrons. The molecule has 2 bridgehead atoms. The molecule has 1 aromatic rings. The van der Waals surface area contributed by atoms with E-state index in [9.17, 15) is 9.59 Å². The van der Waals surface area contributed by atoms with Crippen LogP contribution in [0.15, 0.2) is 35.0 Å². The third-order valence-corrected chi connectivity index (χ3v) is 4.99. The maximum absolute atomic E-state index is 11.9. The Morgan fingerprint density at radius 3 is 2.82 bits per heavy atom. The quantitative estimate of drug-likeness (QED) is 0.317. The summed E-state index contributed by atoms with van der Waals surface area (Å²) in [5.41, 5.74) is 4.02. The lowest BCUT2D eigenvalue weighted by Crippen LogP contribution is -2.26. The molecule has 2 aliphatic rings. The molecular formula is C21H25NO6. The van der Waals surface area contributed by atoms with Crippen molar-refractivity contribution in [2.75, 3.05) is 7.11 Å². The molecule has 0 aromatic heterocycles. The Morgan fingerprint density at radius 2 is 2.11 bits per heavy atom. The van der Waals surface area contributed by atoms with Crippen LogP contribution in [-0.2, 0) is 19.2 Å². The number of esters is 1. The lowest BCUT2D eigenvalue weighted by molar-refractivity contribution is -0.142. The molecule has 0 radical (unpaired) electrons. The molecule has 7 nitrogen and oxygen atoms in total. The zero-order valence-corrected chi connectivity index (χ0v) is 16.1. The summed E-state index contributed by atoms with van der Waals surface area (Å²) in [7, 11) is 1.54. The Hall–Kier alpha value is -2.67. The predicted octanol–water partition coefficient (Wildman–Crippen LogP) is 3.57. The third-order valence-electron chi connectivity index (χ3n) is 4.99. The topological polar surface area (TPSA) is 94.4 Å². The summed E-state index contributed by atoms with van der Waals surface area (Å²) in [5.74, 6) is -1.18. The van der Waals surface area contributed by atoms with Crippen LogP contribution in [0.2, 0.25) is 0 Å². The Labute approximate surface area is 164 Å². The molecule has 1 aromatic carbocycles. The van der Waals surface area contributed by atoms with Crippen LogP contribution in [0.1, 0.15) is 51.0 Å². The molecule has 1 fully saturated rings. The number of benzene rings is 1. The molecule has 28 heavy (non-hydrogen) atoms. The van der Waals surface area contributed by atoms with Crippen LogP contribution in [0.5, 0.6) is 5.75 Å². The summed E-state index contributed by atoms with van der Waals surface area (Å²) >= 11 is 0. The Balaban J connectivity index is 1.90. The van der Waals surface area contributed by atoms with E-state index in [0.717, 1.165) is 48.1 Å². The van der Waals surface area contributed by atoms with Gasteiger partial charge in [0.05, 0.1) is 30.8 Å². The van der Waals surface area contributed by atoms with E-state index in [2.05, 4.69) is 5.16 Å². The van der Waals surface area contributed by atoms with Gasteiger partial charge in [-0.05, 0) is 49.0 Å². The van der Waals surface area contributed by atoms with Crippen molar-refractivity contribution in [1.29, 1.82) is 0 Å². The number of rotatable bonds is 8. The number of carbonyl (C=O) groups is 2. The molecule has 1 unspecified atom stereocenters. The summed E-state index contributed by atoms with van der Waals surface area (Å²) in [4.78, 5) is 27.5. The number of fused-ring (bicyclic) bond motifs is 2. The minimum atomic E-state index is -1.03. The zero-order chi connectivity index (χ0) is 20.1. The number of carbonyl (C=O) groups excluding carboxylic acids is 1. The van der Waals surface area contributed by atoms with Crippen molar-refractivity contribution in [3.63, 3.8) is 0 Å². The average Bonchev–Trinajstić information content (AvgIpc) is 3.06. The standard InChI is InChI=1S/C21H25NO6/c1-3-17(22-26-2)21-16(12-15-7-8-18(21)27-15)13-5-4-6-14(11-13)28-20(25)10-9-19(23)24/h4-6,11,15,18H,3,7-10,12H2,1-2H3,(H,23,24)/t15?,18-/m1/s1. The summed E-state index contributed by atoms with van der Waals surface area (Å²) in [6.45, 7) is 2.03. The minimum Gasteiger partial charge on any atom is -0.481 e. The van der Waals surface area contributed by atoms with Gasteiger partial charge in [0.15, 0.2) is 0 Å². The van der Waals surface area contributed by atoms with E-state index in [1.807, 2.05) is 25.1 Å². The van der Waals surface area contributed by atoms with E-state index in [1.165, 1.54) is 7.11 Å². The van der Waals surface area contributed by atoms with Crippen molar-refractivity contribution < 1.29 is 29.0 Å². The number of aliphatic carboxylic acids is 1. The van der Waals surface area contributed by atoms with Crippen molar-refractivity contribution in [3.8, 4) is 5.75 Å². The maximum atomic E-state index is 11.9. The Bertz CT molecular complexity index is 813. The Kier molecular flexibility index (Phi) is 6.46. The second-order valence-corrected chi connectivity index (χ2v) is 6.89. The van der Waals surface area contributed by atoms with Gasteiger partial charge in [0.2, 0.25) is 0 Å². The number of carboxylic acids is 1. The molecule has 0 spiro atoms. The van der Waals surface area contributed by atoms with Gasteiger partial charge >= 0.3 is 11.9 Å². The summed E-state index contributed by atoms with van der Waals surface area (Å²) < 4.78 is 11.4. The van der Waals surface area contributed by atoms with Gasteiger partial charge in [-0.15, -0.1) is 0 Å². The van der Waals surface area contributed by atoms with Gasteiger partial charge in [0, 0.05) is 5.57 Å². The maximum Gasteiger partial charge on any atom is 0.311 e. The fourth-order valence-corrected chi connectivity index (χ4v) is 3.79. The highest BCUT2D eigenvalue weighted by Gasteiger charge is 2.37. The third kappa shape index (κ3) is 4.59. The molecule has 0 saturated carbocycles. The van der Waals surface area contributed by atoms with Crippen molar-refractivity contribution >= 4 is 23.2 Å². The monoisotopic (exact) mass is 387 g/mol. The first kappa shape index (κ1) is 20.1. The molecule has 3 rings (SSSR count). The summed E-state index contributed by atoms with van der Waals surface area (Å²) in [6, 6.07) is 7.32. The van der Waals surface area contributed by atoms with Crippen LogP contribution < -0.4 is 4.74 Å². The second-order valence-electron chi connectivity index (χ2n) is 6.89. The molecule has 1 N–H and O–H groups in total. The van der Waals surface area contributed by atoms with Crippen LogP contribution in [0.3, 0.4) is 0 Å². The normalized spacial score (nSPS) is 21.6. The minimum absolute atomic E-state index is 0.00405. The van der Waals surface area contributed by atoms with Crippen molar-refractivity contribution in [2.24, 2.45) is 5.16 Å². The molecule has 7 heteroatoms. The zero-order valence-electron chi connectivity index (χ0n) is 16.1. The molecule has 2 aliphatic heterocycles. The van der Waals surface area contributed by atoms with Crippen LogP contribution in [0, 0.1) is 0 Å². The van der Waals surface area contributed by atoms with Gasteiger partial charge in [-0.1, -0.05) is 24.2 Å². The molecule has 2 heterocycles. The number of hydrogen-bond acceptors (Lipinski definition) is 6. The van der Waals surface area contributed by atoms with E-state index in [0.29, 0.717) is 5.75 Å². The fraction of sp³-hybridized carbons (Fsp3) is 0.476. The SMILES string of the molecule is CCC(=NOC)C1=C(c2cccc(OC(=O)CCC(=O)O)c2)CC2CC[C@H]1O2. The summed E-state index contributed by atoms with van der Waals surface area (Å²) in [5, 5.41) is 12.9. The number of carboxylic acid groups (broad SMARTS) is 1. The molecule has 0 aliphatic carbocycles. The molecule has 0 amide bonds. The smallest absolute Gasteiger partial charge is 0.311 e. The predicted molar refractivity (Wildman–Crippen MR) is 103 cm³/mol. The highest BCUT2D eigenvalue weighted by atomic mass is 16.6. The van der Waals surface area contributed by atoms with Crippen LogP contribution in [-0.4, -0.2) is 42.1 Å². The first-order valence-corrected chi connectivity index (χ1v) is 9.53. The van der Waals surface area contributed by atoms with E-state index in [4.69, 9.17) is 19.4 Å². The highest BCUT2D eigenvalue weighted by Crippen LogP contribution is 2.42. The van der Waals surface area contributed by atoms with E-state index in [-0.39, 0.29) is 25.0 Å². The Morgan fingerprint density at radius 1 is 1.29 bits per heavy atom. The molecule has 2 atom stereocenters. The lowest BCUT2D eigenvalue weighted by atomic mass is 9.88. The average molecular weight is 387 g/mol. The fourth-order valence-electron chi connectivity index (χ4n) is 3.79. The number of nitrogens with zero attached hydrogens (tertiary/aromatic N) is 1. The van der Waals surface area contributed by atoms with Crippen molar-refractivity contribution in [2.45, 2.75) is 57.7 Å². The van der Waals surface area contributed by atoms with E-state index in [1.54, 1.807) is 6.07 Å². The van der Waals surface area contributed by atoms with Gasteiger partial charge in [-0.3, -0.25) is 9.59 Å². The van der Waals surface area contributed by atoms with Gasteiger partial charge in [0.25, 0.3) is 0 Å². The first-order valence-electron chi connectivity index (χ1n) is 9.53. The van der Waals surface area contributed by atoms with Gasteiger partial charge in [0.1, 0.15) is 12.9 Å². The number of ether oxygens (including phenoxy) is 2. The van der Waals surface area contributed by atoms with Crippen LogP contribution >= 0.6 is 0 Å². The van der Waals surface area contributed by atoms with Crippen LogP contribution in [0.4, 0.5) is 0 Å².